The van der Waals surface area contributed by atoms with Gasteiger partial charge in [-0.25, -0.2) is 9.13 Å². The van der Waals surface area contributed by atoms with E-state index in [4.69, 9.17) is 37.0 Å². The molecule has 19 heteroatoms. The summed E-state index contributed by atoms with van der Waals surface area (Å²) in [4.78, 5) is 72.4. The highest BCUT2D eigenvalue weighted by Gasteiger charge is 2.30. The predicted octanol–water partition coefficient (Wildman–Crippen LogP) is 19.6. The summed E-state index contributed by atoms with van der Waals surface area (Å²) in [6.45, 7) is 9.52. The molecule has 3 unspecified atom stereocenters. The molecular formula is C69H134O17P2. The van der Waals surface area contributed by atoms with Gasteiger partial charge in [-0.1, -0.05) is 298 Å². The maximum atomic E-state index is 13.0. The van der Waals surface area contributed by atoms with E-state index in [-0.39, 0.29) is 25.7 Å². The molecule has 0 heterocycles. The van der Waals surface area contributed by atoms with Crippen molar-refractivity contribution < 1.29 is 80.2 Å². The van der Waals surface area contributed by atoms with Crippen molar-refractivity contribution in [3.63, 3.8) is 0 Å². The Kier molecular flexibility index (Phi) is 59.9. The molecule has 0 bridgehead atoms. The number of hydrogen-bond donors (Lipinski definition) is 3. The maximum Gasteiger partial charge on any atom is 0.472 e. The molecule has 0 rings (SSSR count). The monoisotopic (exact) mass is 1300 g/mol. The van der Waals surface area contributed by atoms with Gasteiger partial charge in [0, 0.05) is 25.7 Å². The van der Waals surface area contributed by atoms with Crippen LogP contribution in [0.15, 0.2) is 0 Å². The number of unbranched alkanes of at least 4 members (excludes halogenated alkanes) is 37. The van der Waals surface area contributed by atoms with Crippen LogP contribution in [-0.2, 0) is 65.4 Å². The molecule has 0 saturated heterocycles. The quantitative estimate of drug-likeness (QED) is 0.0222. The van der Waals surface area contributed by atoms with Crippen LogP contribution in [0, 0.1) is 11.8 Å². The highest BCUT2D eigenvalue weighted by Crippen LogP contribution is 2.45. The van der Waals surface area contributed by atoms with Crippen LogP contribution in [0.2, 0.25) is 0 Å². The van der Waals surface area contributed by atoms with Gasteiger partial charge in [-0.3, -0.25) is 37.3 Å². The number of hydrogen-bond acceptors (Lipinski definition) is 15. The Morgan fingerprint density at radius 3 is 0.864 bits per heavy atom. The van der Waals surface area contributed by atoms with Crippen molar-refractivity contribution in [2.45, 2.75) is 368 Å². The van der Waals surface area contributed by atoms with Gasteiger partial charge in [-0.15, -0.1) is 0 Å². The number of aliphatic hydroxyl groups excluding tert-OH is 1. The average Bonchev–Trinajstić information content (AvgIpc) is 3.67. The van der Waals surface area contributed by atoms with Gasteiger partial charge in [-0.2, -0.15) is 0 Å². The third-order valence-corrected chi connectivity index (χ3v) is 18.2. The second-order valence-corrected chi connectivity index (χ2v) is 28.5. The topological polar surface area (TPSA) is 237 Å². The minimum atomic E-state index is -4.95. The van der Waals surface area contributed by atoms with E-state index in [1.165, 1.54) is 161 Å². The van der Waals surface area contributed by atoms with Crippen LogP contribution in [0.4, 0.5) is 0 Å². The number of phosphoric ester groups is 2. The van der Waals surface area contributed by atoms with Gasteiger partial charge in [0.05, 0.1) is 26.4 Å². The number of carbonyl (C=O) groups excluding carboxylic acids is 4. The zero-order chi connectivity index (χ0) is 65.0. The van der Waals surface area contributed by atoms with Crippen LogP contribution in [0.3, 0.4) is 0 Å². The van der Waals surface area contributed by atoms with Gasteiger partial charge in [0.15, 0.2) is 12.2 Å². The summed E-state index contributed by atoms with van der Waals surface area (Å²) in [5.41, 5.74) is 0. The van der Waals surface area contributed by atoms with Crippen molar-refractivity contribution in [3.05, 3.63) is 0 Å². The second-order valence-electron chi connectivity index (χ2n) is 25.6. The SMILES string of the molecule is CCCCCCCCCCCCCCCCC(=O)OC[C@H](COP(=O)(O)OC[C@@H](O)COP(=O)(O)OC[C@@H](COC(=O)CCCCCCCCCC)OC(=O)CCCCCCCCCCC(C)CC)OC(=O)CCCCCCCCCCCCCC(C)C. The third-order valence-electron chi connectivity index (χ3n) is 16.3. The molecule has 6 atom stereocenters. The minimum Gasteiger partial charge on any atom is -0.462 e. The Morgan fingerprint density at radius 2 is 0.580 bits per heavy atom. The largest absolute Gasteiger partial charge is 0.472 e. The van der Waals surface area contributed by atoms with Gasteiger partial charge in [0.2, 0.25) is 0 Å². The van der Waals surface area contributed by atoms with Gasteiger partial charge < -0.3 is 33.8 Å². The van der Waals surface area contributed by atoms with E-state index in [1.807, 2.05) is 0 Å². The molecule has 0 aliphatic heterocycles. The number of aliphatic hydroxyl groups is 1. The van der Waals surface area contributed by atoms with E-state index in [1.54, 1.807) is 0 Å². The summed E-state index contributed by atoms with van der Waals surface area (Å²) in [6.07, 6.45) is 45.7. The highest BCUT2D eigenvalue weighted by molar-refractivity contribution is 7.47. The Labute approximate surface area is 537 Å². The summed E-state index contributed by atoms with van der Waals surface area (Å²) in [7, 11) is -9.90. The van der Waals surface area contributed by atoms with Crippen LogP contribution >= 0.6 is 15.6 Å². The molecule has 0 aliphatic rings. The van der Waals surface area contributed by atoms with E-state index in [0.717, 1.165) is 108 Å². The lowest BCUT2D eigenvalue weighted by atomic mass is 9.99. The first-order valence-electron chi connectivity index (χ1n) is 36.0. The Bertz CT molecular complexity index is 1720. The van der Waals surface area contributed by atoms with Crippen LogP contribution in [0.25, 0.3) is 0 Å². The van der Waals surface area contributed by atoms with Crippen LogP contribution in [0.5, 0.6) is 0 Å². The van der Waals surface area contributed by atoms with Crippen molar-refractivity contribution in [3.8, 4) is 0 Å². The van der Waals surface area contributed by atoms with Crippen LogP contribution < -0.4 is 0 Å². The van der Waals surface area contributed by atoms with Crippen molar-refractivity contribution in [2.24, 2.45) is 11.8 Å². The van der Waals surface area contributed by atoms with Crippen molar-refractivity contribution >= 4 is 39.5 Å². The molecule has 0 aromatic rings. The molecule has 0 radical (unpaired) electrons. The number of rotatable bonds is 68. The van der Waals surface area contributed by atoms with E-state index >= 15 is 0 Å². The summed E-state index contributed by atoms with van der Waals surface area (Å²) >= 11 is 0. The average molecular weight is 1300 g/mol. The van der Waals surface area contributed by atoms with E-state index in [2.05, 4.69) is 41.5 Å². The molecule has 88 heavy (non-hydrogen) atoms. The van der Waals surface area contributed by atoms with Crippen LogP contribution in [0.1, 0.15) is 350 Å². The number of esters is 4. The standard InChI is InChI=1S/C69H134O17P2/c1-7-10-12-14-16-18-19-20-21-24-27-34-40-46-52-67(72)80-58-65(85-68(73)53-47-41-35-28-25-22-23-26-31-37-43-49-61(4)5)60-84-88(77,78)82-56-63(70)55-81-87(75,76)83-59-64(57-79-66(71)51-45-39-33-17-15-13-11-8-2)86-69(74)54-48-42-36-30-29-32-38-44-50-62(6)9-3/h61-65,70H,7-60H2,1-6H3,(H,75,76)(H,77,78)/t62?,63-,64+,65+/m0/s1. The van der Waals surface area contributed by atoms with Gasteiger partial charge in [-0.05, 0) is 37.5 Å². The lowest BCUT2D eigenvalue weighted by molar-refractivity contribution is -0.161. The normalized spacial score (nSPS) is 14.5. The first-order chi connectivity index (χ1) is 42.4. The summed E-state index contributed by atoms with van der Waals surface area (Å²) in [5.74, 6) is -0.593. The molecule has 0 aromatic heterocycles. The molecule has 522 valence electrons. The Morgan fingerprint density at radius 1 is 0.330 bits per heavy atom. The lowest BCUT2D eigenvalue weighted by Gasteiger charge is -2.21. The Hall–Kier alpha value is -1.94. The molecule has 17 nitrogen and oxygen atoms in total. The molecule has 0 aliphatic carbocycles. The smallest absolute Gasteiger partial charge is 0.462 e. The first kappa shape index (κ1) is 86.1. The zero-order valence-corrected chi connectivity index (χ0v) is 58.8. The minimum absolute atomic E-state index is 0.105. The third kappa shape index (κ3) is 61.6. The fourth-order valence-electron chi connectivity index (χ4n) is 10.4. The summed E-state index contributed by atoms with van der Waals surface area (Å²) in [5, 5.41) is 10.6. The van der Waals surface area contributed by atoms with E-state index < -0.39 is 97.5 Å². The first-order valence-corrected chi connectivity index (χ1v) is 39.0. The van der Waals surface area contributed by atoms with Crippen molar-refractivity contribution in [1.29, 1.82) is 0 Å². The fraction of sp³-hybridized carbons (Fsp3) is 0.942. The molecule has 3 N–H and O–H groups in total. The van der Waals surface area contributed by atoms with E-state index in [0.29, 0.717) is 25.7 Å². The molecular weight excluding hydrogens is 1160 g/mol. The lowest BCUT2D eigenvalue weighted by Crippen LogP contribution is -2.30. The van der Waals surface area contributed by atoms with Gasteiger partial charge in [0.25, 0.3) is 0 Å². The Balaban J connectivity index is 5.24. The van der Waals surface area contributed by atoms with Crippen molar-refractivity contribution in [1.82, 2.24) is 0 Å². The number of phosphoric acid groups is 2. The molecule has 0 aromatic carbocycles. The molecule has 0 spiro atoms. The molecule has 0 amide bonds. The maximum absolute atomic E-state index is 13.0. The predicted molar refractivity (Wildman–Crippen MR) is 354 cm³/mol. The summed E-state index contributed by atoms with van der Waals surface area (Å²) in [6, 6.07) is 0. The summed E-state index contributed by atoms with van der Waals surface area (Å²) < 4.78 is 68.2. The van der Waals surface area contributed by atoms with Crippen molar-refractivity contribution in [2.75, 3.05) is 39.6 Å². The molecule has 0 fully saturated rings. The fourth-order valence-corrected chi connectivity index (χ4v) is 12.0. The van der Waals surface area contributed by atoms with E-state index in [9.17, 15) is 43.2 Å². The highest BCUT2D eigenvalue weighted by atomic mass is 31.2. The number of ether oxygens (including phenoxy) is 4. The van der Waals surface area contributed by atoms with Gasteiger partial charge >= 0.3 is 39.5 Å². The zero-order valence-electron chi connectivity index (χ0n) is 57.0. The molecule has 0 saturated carbocycles. The van der Waals surface area contributed by atoms with Crippen LogP contribution in [-0.4, -0.2) is 96.7 Å². The van der Waals surface area contributed by atoms with Gasteiger partial charge in [0.1, 0.15) is 19.3 Å². The second kappa shape index (κ2) is 61.3. The number of carbonyl (C=O) groups is 4.